The van der Waals surface area contributed by atoms with Crippen molar-refractivity contribution in [2.24, 2.45) is 5.73 Å². The molecule has 3 heteroatoms. The molecule has 1 aromatic rings. The molecule has 1 aromatic carbocycles. The SMILES string of the molecule is CC(O)Cc1ccc(C(O)CN)cc1. The van der Waals surface area contributed by atoms with Crippen LogP contribution in [-0.2, 0) is 6.42 Å². The Morgan fingerprint density at radius 1 is 1.21 bits per heavy atom. The van der Waals surface area contributed by atoms with Crippen molar-refractivity contribution in [3.8, 4) is 0 Å². The summed E-state index contributed by atoms with van der Waals surface area (Å²) in [5.74, 6) is 0. The van der Waals surface area contributed by atoms with Crippen LogP contribution in [0.3, 0.4) is 0 Å². The van der Waals surface area contributed by atoms with Gasteiger partial charge in [-0.2, -0.15) is 0 Å². The summed E-state index contributed by atoms with van der Waals surface area (Å²) < 4.78 is 0. The van der Waals surface area contributed by atoms with E-state index < -0.39 is 6.10 Å². The largest absolute Gasteiger partial charge is 0.393 e. The Labute approximate surface area is 84.2 Å². The predicted molar refractivity (Wildman–Crippen MR) is 55.8 cm³/mol. The first kappa shape index (κ1) is 11.2. The summed E-state index contributed by atoms with van der Waals surface area (Å²) in [7, 11) is 0. The van der Waals surface area contributed by atoms with Gasteiger partial charge in [0.15, 0.2) is 0 Å². The molecule has 78 valence electrons. The average Bonchev–Trinajstić information content (AvgIpc) is 2.17. The molecule has 4 N–H and O–H groups in total. The van der Waals surface area contributed by atoms with Crippen molar-refractivity contribution in [3.05, 3.63) is 35.4 Å². The molecule has 0 aliphatic carbocycles. The molecule has 0 saturated heterocycles. The van der Waals surface area contributed by atoms with Gasteiger partial charge in [0.05, 0.1) is 12.2 Å². The highest BCUT2D eigenvalue weighted by Gasteiger charge is 2.04. The van der Waals surface area contributed by atoms with Crippen molar-refractivity contribution in [2.75, 3.05) is 6.54 Å². The lowest BCUT2D eigenvalue weighted by Gasteiger charge is -2.09. The molecule has 0 radical (unpaired) electrons. The highest BCUT2D eigenvalue weighted by Crippen LogP contribution is 2.13. The number of hydrogen-bond donors (Lipinski definition) is 3. The zero-order valence-corrected chi connectivity index (χ0v) is 8.35. The summed E-state index contributed by atoms with van der Waals surface area (Å²) >= 11 is 0. The van der Waals surface area contributed by atoms with E-state index in [1.165, 1.54) is 0 Å². The quantitative estimate of drug-likeness (QED) is 0.659. The molecule has 0 fully saturated rings. The van der Waals surface area contributed by atoms with Gasteiger partial charge >= 0.3 is 0 Å². The van der Waals surface area contributed by atoms with Crippen molar-refractivity contribution in [3.63, 3.8) is 0 Å². The Bertz CT molecular complexity index is 269. The normalized spacial score (nSPS) is 15.1. The summed E-state index contributed by atoms with van der Waals surface area (Å²) in [5, 5.41) is 18.6. The number of benzene rings is 1. The van der Waals surface area contributed by atoms with Crippen LogP contribution in [0.15, 0.2) is 24.3 Å². The zero-order valence-electron chi connectivity index (χ0n) is 8.35. The second kappa shape index (κ2) is 5.10. The molecule has 0 saturated carbocycles. The van der Waals surface area contributed by atoms with Gasteiger partial charge in [-0.1, -0.05) is 24.3 Å². The zero-order chi connectivity index (χ0) is 10.6. The minimum absolute atomic E-state index is 0.232. The first-order valence-corrected chi connectivity index (χ1v) is 4.78. The van der Waals surface area contributed by atoms with Crippen molar-refractivity contribution in [1.29, 1.82) is 0 Å². The lowest BCUT2D eigenvalue weighted by atomic mass is 10.0. The molecule has 0 aliphatic rings. The summed E-state index contributed by atoms with van der Waals surface area (Å²) in [6, 6.07) is 7.49. The topological polar surface area (TPSA) is 66.5 Å². The number of aliphatic hydroxyl groups is 2. The van der Waals surface area contributed by atoms with Crippen LogP contribution in [0, 0.1) is 0 Å². The summed E-state index contributed by atoms with van der Waals surface area (Å²) in [5.41, 5.74) is 7.22. The van der Waals surface area contributed by atoms with Gasteiger partial charge in [0.1, 0.15) is 0 Å². The number of rotatable bonds is 4. The number of aliphatic hydroxyl groups excluding tert-OH is 2. The van der Waals surface area contributed by atoms with E-state index in [1.54, 1.807) is 6.92 Å². The molecular formula is C11H17NO2. The Balaban J connectivity index is 2.68. The first-order chi connectivity index (χ1) is 6.63. The fourth-order valence-corrected chi connectivity index (χ4v) is 1.35. The van der Waals surface area contributed by atoms with Crippen molar-refractivity contribution in [1.82, 2.24) is 0 Å². The van der Waals surface area contributed by atoms with Gasteiger partial charge in [-0.15, -0.1) is 0 Å². The molecule has 0 aromatic heterocycles. The molecule has 2 unspecified atom stereocenters. The van der Waals surface area contributed by atoms with E-state index in [-0.39, 0.29) is 12.6 Å². The molecule has 0 spiro atoms. The maximum absolute atomic E-state index is 9.43. The molecule has 1 rings (SSSR count). The minimum atomic E-state index is -0.587. The highest BCUT2D eigenvalue weighted by molar-refractivity contribution is 5.24. The van der Waals surface area contributed by atoms with Gasteiger partial charge in [0.2, 0.25) is 0 Å². The van der Waals surface area contributed by atoms with Gasteiger partial charge in [-0.25, -0.2) is 0 Å². The lowest BCUT2D eigenvalue weighted by molar-refractivity contribution is 0.186. The van der Waals surface area contributed by atoms with Crippen LogP contribution in [0.25, 0.3) is 0 Å². The van der Waals surface area contributed by atoms with Gasteiger partial charge in [0.25, 0.3) is 0 Å². The fraction of sp³-hybridized carbons (Fsp3) is 0.455. The number of nitrogens with two attached hydrogens (primary N) is 1. The van der Waals surface area contributed by atoms with Gasteiger partial charge in [-0.3, -0.25) is 0 Å². The average molecular weight is 195 g/mol. The smallest absolute Gasteiger partial charge is 0.0912 e. The summed E-state index contributed by atoms with van der Waals surface area (Å²) in [4.78, 5) is 0. The molecule has 2 atom stereocenters. The molecule has 3 nitrogen and oxygen atoms in total. The fourth-order valence-electron chi connectivity index (χ4n) is 1.35. The third-order valence-corrected chi connectivity index (χ3v) is 2.12. The van der Waals surface area contributed by atoms with E-state index in [0.29, 0.717) is 6.42 Å². The first-order valence-electron chi connectivity index (χ1n) is 4.78. The minimum Gasteiger partial charge on any atom is -0.393 e. The van der Waals surface area contributed by atoms with E-state index >= 15 is 0 Å². The van der Waals surface area contributed by atoms with E-state index in [1.807, 2.05) is 24.3 Å². The van der Waals surface area contributed by atoms with Gasteiger partial charge in [-0.05, 0) is 24.5 Å². The summed E-state index contributed by atoms with van der Waals surface area (Å²) in [6.07, 6.45) is -0.283. The van der Waals surface area contributed by atoms with Crippen LogP contribution in [0.5, 0.6) is 0 Å². The molecule has 14 heavy (non-hydrogen) atoms. The van der Waals surface area contributed by atoms with Crippen molar-refractivity contribution < 1.29 is 10.2 Å². The third-order valence-electron chi connectivity index (χ3n) is 2.12. The molecule has 0 heterocycles. The maximum atomic E-state index is 9.43. The Hall–Kier alpha value is -0.900. The van der Waals surface area contributed by atoms with E-state index in [2.05, 4.69) is 0 Å². The number of hydrogen-bond acceptors (Lipinski definition) is 3. The second-order valence-corrected chi connectivity index (χ2v) is 3.55. The Morgan fingerprint density at radius 3 is 2.21 bits per heavy atom. The van der Waals surface area contributed by atoms with Gasteiger partial charge < -0.3 is 15.9 Å². The highest BCUT2D eigenvalue weighted by atomic mass is 16.3. The van der Waals surface area contributed by atoms with E-state index in [0.717, 1.165) is 11.1 Å². The molecule has 0 bridgehead atoms. The Morgan fingerprint density at radius 2 is 1.79 bits per heavy atom. The van der Waals surface area contributed by atoms with Crippen LogP contribution in [0.1, 0.15) is 24.2 Å². The molecular weight excluding hydrogens is 178 g/mol. The van der Waals surface area contributed by atoms with Crippen LogP contribution in [0.4, 0.5) is 0 Å². The van der Waals surface area contributed by atoms with Crippen LogP contribution < -0.4 is 5.73 Å². The Kier molecular flexibility index (Phi) is 4.07. The lowest BCUT2D eigenvalue weighted by Crippen LogP contribution is -2.11. The summed E-state index contributed by atoms with van der Waals surface area (Å²) in [6.45, 7) is 1.98. The van der Waals surface area contributed by atoms with Crippen LogP contribution in [0.2, 0.25) is 0 Å². The van der Waals surface area contributed by atoms with E-state index in [4.69, 9.17) is 10.8 Å². The predicted octanol–water partition coefficient (Wildman–Crippen LogP) is 0.602. The standard InChI is InChI=1S/C11H17NO2/c1-8(13)6-9-2-4-10(5-3-9)11(14)7-12/h2-5,8,11,13-14H,6-7,12H2,1H3. The van der Waals surface area contributed by atoms with Crippen LogP contribution in [-0.4, -0.2) is 22.9 Å². The van der Waals surface area contributed by atoms with E-state index in [9.17, 15) is 5.11 Å². The van der Waals surface area contributed by atoms with Crippen LogP contribution >= 0.6 is 0 Å². The van der Waals surface area contributed by atoms with Crippen molar-refractivity contribution >= 4 is 0 Å². The van der Waals surface area contributed by atoms with Gasteiger partial charge in [0, 0.05) is 6.54 Å². The molecule has 0 amide bonds. The monoisotopic (exact) mass is 195 g/mol. The second-order valence-electron chi connectivity index (χ2n) is 3.55. The maximum Gasteiger partial charge on any atom is 0.0912 e. The third kappa shape index (κ3) is 3.10. The van der Waals surface area contributed by atoms with Crippen molar-refractivity contribution in [2.45, 2.75) is 25.6 Å². The molecule has 0 aliphatic heterocycles.